The van der Waals surface area contributed by atoms with Crippen LogP contribution in [0, 0.1) is 5.92 Å². The monoisotopic (exact) mass is 349 g/mol. The summed E-state index contributed by atoms with van der Waals surface area (Å²) in [5.41, 5.74) is 0. The van der Waals surface area contributed by atoms with Gasteiger partial charge in [0.25, 0.3) is 5.91 Å². The zero-order valence-electron chi connectivity index (χ0n) is 14.9. The van der Waals surface area contributed by atoms with E-state index in [4.69, 9.17) is 4.42 Å². The lowest BCUT2D eigenvalue weighted by Crippen LogP contribution is -2.52. The number of hydrogen-bond donors (Lipinski definition) is 2. The number of furan rings is 1. The first-order chi connectivity index (χ1) is 12.0. The molecule has 2 unspecified atom stereocenters. The first-order valence-corrected chi connectivity index (χ1v) is 8.93. The highest BCUT2D eigenvalue weighted by molar-refractivity contribution is 5.95. The van der Waals surface area contributed by atoms with Crippen LogP contribution in [0.2, 0.25) is 0 Å². The minimum Gasteiger partial charge on any atom is -0.459 e. The second-order valence-electron chi connectivity index (χ2n) is 6.44. The highest BCUT2D eigenvalue weighted by Gasteiger charge is 2.31. The Balaban J connectivity index is 1.85. The van der Waals surface area contributed by atoms with E-state index in [-0.39, 0.29) is 23.5 Å². The third-order valence-corrected chi connectivity index (χ3v) is 4.40. The summed E-state index contributed by atoms with van der Waals surface area (Å²) in [6, 6.07) is 2.50. The van der Waals surface area contributed by atoms with Crippen molar-refractivity contribution in [1.82, 2.24) is 15.5 Å². The van der Waals surface area contributed by atoms with E-state index in [9.17, 15) is 14.4 Å². The van der Waals surface area contributed by atoms with E-state index in [0.29, 0.717) is 19.6 Å². The minimum absolute atomic E-state index is 0.0122. The maximum Gasteiger partial charge on any atom is 0.287 e. The van der Waals surface area contributed by atoms with Crippen molar-refractivity contribution in [3.05, 3.63) is 24.2 Å². The summed E-state index contributed by atoms with van der Waals surface area (Å²) < 4.78 is 5.03. The Labute approximate surface area is 148 Å². The molecule has 1 aliphatic rings. The molecule has 2 rings (SSSR count). The highest BCUT2D eigenvalue weighted by Crippen LogP contribution is 2.17. The van der Waals surface area contributed by atoms with Crippen molar-refractivity contribution in [1.29, 1.82) is 0 Å². The van der Waals surface area contributed by atoms with Gasteiger partial charge in [0.2, 0.25) is 11.8 Å². The van der Waals surface area contributed by atoms with Crippen LogP contribution in [0.25, 0.3) is 0 Å². The van der Waals surface area contributed by atoms with Gasteiger partial charge in [0, 0.05) is 19.6 Å². The van der Waals surface area contributed by atoms with Crippen LogP contribution >= 0.6 is 0 Å². The minimum atomic E-state index is -0.667. The van der Waals surface area contributed by atoms with Gasteiger partial charge in [0.05, 0.1) is 12.2 Å². The number of amides is 3. The Morgan fingerprint density at radius 1 is 1.40 bits per heavy atom. The third-order valence-electron chi connectivity index (χ3n) is 4.40. The maximum absolute atomic E-state index is 12.6. The first-order valence-electron chi connectivity index (χ1n) is 8.93. The molecule has 7 nitrogen and oxygen atoms in total. The van der Waals surface area contributed by atoms with Gasteiger partial charge < -0.3 is 20.0 Å². The van der Waals surface area contributed by atoms with Crippen LogP contribution in [-0.4, -0.2) is 48.3 Å². The third kappa shape index (κ3) is 5.34. The summed E-state index contributed by atoms with van der Waals surface area (Å²) in [6.45, 7) is 5.41. The zero-order chi connectivity index (χ0) is 18.2. The summed E-state index contributed by atoms with van der Waals surface area (Å²) in [5.74, 6) is -0.588. The van der Waals surface area contributed by atoms with Gasteiger partial charge in [-0.1, -0.05) is 13.3 Å². The van der Waals surface area contributed by atoms with E-state index < -0.39 is 11.9 Å². The summed E-state index contributed by atoms with van der Waals surface area (Å²) >= 11 is 0. The number of nitrogens with one attached hydrogen (secondary N) is 2. The van der Waals surface area contributed by atoms with Crippen LogP contribution in [-0.2, 0) is 9.59 Å². The van der Waals surface area contributed by atoms with Gasteiger partial charge >= 0.3 is 0 Å². The molecule has 1 saturated heterocycles. The maximum atomic E-state index is 12.6. The molecule has 0 radical (unpaired) electrons. The van der Waals surface area contributed by atoms with Crippen molar-refractivity contribution < 1.29 is 18.8 Å². The number of piperidine rings is 1. The van der Waals surface area contributed by atoms with Gasteiger partial charge in [-0.3, -0.25) is 14.4 Å². The van der Waals surface area contributed by atoms with Crippen LogP contribution in [0.1, 0.15) is 50.1 Å². The summed E-state index contributed by atoms with van der Waals surface area (Å²) in [7, 11) is 0. The number of carbonyl (C=O) groups is 3. The van der Waals surface area contributed by atoms with Gasteiger partial charge in [0.1, 0.15) is 6.04 Å². The number of hydrogen-bond acceptors (Lipinski definition) is 4. The van der Waals surface area contributed by atoms with E-state index >= 15 is 0 Å². The van der Waals surface area contributed by atoms with Crippen LogP contribution in [0.3, 0.4) is 0 Å². The van der Waals surface area contributed by atoms with Crippen molar-refractivity contribution >= 4 is 17.7 Å². The lowest BCUT2D eigenvalue weighted by molar-refractivity contribution is -0.137. The number of carbonyl (C=O) groups excluding carboxylic acids is 3. The zero-order valence-corrected chi connectivity index (χ0v) is 14.9. The van der Waals surface area contributed by atoms with Crippen molar-refractivity contribution in [3.8, 4) is 0 Å². The summed E-state index contributed by atoms with van der Waals surface area (Å²) in [5, 5.41) is 5.57. The molecule has 2 heterocycles. The normalized spacial score (nSPS) is 18.5. The van der Waals surface area contributed by atoms with Gasteiger partial charge in [-0.05, 0) is 38.3 Å². The molecule has 1 aliphatic heterocycles. The van der Waals surface area contributed by atoms with Gasteiger partial charge in [-0.2, -0.15) is 0 Å². The van der Waals surface area contributed by atoms with Gasteiger partial charge in [-0.15, -0.1) is 0 Å². The Bertz CT molecular complexity index is 585. The largest absolute Gasteiger partial charge is 0.459 e. The predicted molar refractivity (Wildman–Crippen MR) is 92.9 cm³/mol. The average Bonchev–Trinajstić information content (AvgIpc) is 3.16. The molecule has 0 aromatic carbocycles. The molecule has 0 saturated carbocycles. The van der Waals surface area contributed by atoms with E-state index in [1.165, 1.54) is 6.26 Å². The summed E-state index contributed by atoms with van der Waals surface area (Å²) in [4.78, 5) is 38.4. The van der Waals surface area contributed by atoms with Crippen molar-refractivity contribution in [2.24, 2.45) is 5.92 Å². The second-order valence-corrected chi connectivity index (χ2v) is 6.44. The Kier molecular flexibility index (Phi) is 7.03. The van der Waals surface area contributed by atoms with E-state index in [0.717, 1.165) is 25.7 Å². The fraction of sp³-hybridized carbons (Fsp3) is 0.611. The molecular formula is C18H27N3O4. The van der Waals surface area contributed by atoms with Crippen molar-refractivity contribution in [3.63, 3.8) is 0 Å². The smallest absolute Gasteiger partial charge is 0.287 e. The van der Waals surface area contributed by atoms with Crippen LogP contribution in [0.4, 0.5) is 0 Å². The summed E-state index contributed by atoms with van der Waals surface area (Å²) in [6.07, 6.45) is 4.97. The lowest BCUT2D eigenvalue weighted by atomic mass is 9.96. The van der Waals surface area contributed by atoms with E-state index in [2.05, 4.69) is 17.6 Å². The fourth-order valence-corrected chi connectivity index (χ4v) is 2.94. The SMILES string of the molecule is CCCCNC(=O)C1CCCN(C(=O)C(C)NC(=O)c2ccco2)C1. The molecule has 3 amide bonds. The number of likely N-dealkylation sites (tertiary alicyclic amines) is 1. The van der Waals surface area contributed by atoms with Crippen LogP contribution in [0.15, 0.2) is 22.8 Å². The average molecular weight is 349 g/mol. The van der Waals surface area contributed by atoms with Gasteiger partial charge in [-0.25, -0.2) is 0 Å². The number of nitrogens with zero attached hydrogens (tertiary/aromatic N) is 1. The standard InChI is InChI=1S/C18H27N3O4/c1-3-4-9-19-16(22)14-7-5-10-21(12-14)18(24)13(2)20-17(23)15-8-6-11-25-15/h6,8,11,13-14H,3-5,7,9-10,12H2,1-2H3,(H,19,22)(H,20,23). The molecule has 2 atom stereocenters. The fourth-order valence-electron chi connectivity index (χ4n) is 2.94. The van der Waals surface area contributed by atoms with Crippen LogP contribution < -0.4 is 10.6 Å². The van der Waals surface area contributed by atoms with E-state index in [1.807, 2.05) is 0 Å². The molecule has 25 heavy (non-hydrogen) atoms. The highest BCUT2D eigenvalue weighted by atomic mass is 16.3. The predicted octanol–water partition coefficient (Wildman–Crippen LogP) is 1.55. The molecule has 0 spiro atoms. The van der Waals surface area contributed by atoms with E-state index in [1.54, 1.807) is 24.0 Å². The molecule has 2 N–H and O–H groups in total. The molecule has 1 aromatic heterocycles. The molecule has 0 aliphatic carbocycles. The lowest BCUT2D eigenvalue weighted by Gasteiger charge is -2.33. The number of unbranched alkanes of at least 4 members (excludes halogenated alkanes) is 1. The molecule has 138 valence electrons. The Hall–Kier alpha value is -2.31. The topological polar surface area (TPSA) is 91.7 Å². The second kappa shape index (κ2) is 9.25. The molecule has 1 fully saturated rings. The first kappa shape index (κ1) is 19.0. The van der Waals surface area contributed by atoms with Crippen LogP contribution in [0.5, 0.6) is 0 Å². The molecule has 7 heteroatoms. The Morgan fingerprint density at radius 2 is 2.20 bits per heavy atom. The molecule has 0 bridgehead atoms. The van der Waals surface area contributed by atoms with Gasteiger partial charge in [0.15, 0.2) is 5.76 Å². The van der Waals surface area contributed by atoms with Crippen molar-refractivity contribution in [2.45, 2.75) is 45.6 Å². The molecular weight excluding hydrogens is 322 g/mol. The number of rotatable bonds is 7. The Morgan fingerprint density at radius 3 is 2.88 bits per heavy atom. The quantitative estimate of drug-likeness (QED) is 0.731. The van der Waals surface area contributed by atoms with Crippen molar-refractivity contribution in [2.75, 3.05) is 19.6 Å². The molecule has 1 aromatic rings.